The van der Waals surface area contributed by atoms with Gasteiger partial charge in [-0.15, -0.1) is 0 Å². The highest BCUT2D eigenvalue weighted by Crippen LogP contribution is 2.39. The summed E-state index contributed by atoms with van der Waals surface area (Å²) in [6, 6.07) is 0. The minimum absolute atomic E-state index is 0.0542. The molecule has 5 N–H and O–H groups in total. The zero-order valence-corrected chi connectivity index (χ0v) is 16.5. The number of Topliss-reactive ketones (excluding diaryl/α,β-unsaturated/α-hetero) is 1. The van der Waals surface area contributed by atoms with Crippen molar-refractivity contribution >= 4 is 17.0 Å². The minimum Gasteiger partial charge on any atom is -0.491 e. The monoisotopic (exact) mass is 393 g/mol. The molecule has 0 aromatic carbocycles. The first-order chi connectivity index (χ1) is 14.2. The molecule has 0 unspecified atom stereocenters. The van der Waals surface area contributed by atoms with E-state index in [9.17, 15) is 4.79 Å². The first-order valence-corrected chi connectivity index (χ1v) is 10.4. The van der Waals surface area contributed by atoms with Crippen LogP contribution in [0.5, 0.6) is 0 Å². The van der Waals surface area contributed by atoms with Gasteiger partial charge in [-0.05, 0) is 37.7 Å². The number of hydrogen-bond acceptors (Lipinski definition) is 6. The molecule has 7 heteroatoms. The maximum absolute atomic E-state index is 12.8. The molecular formula is C22H27N5O2. The van der Waals surface area contributed by atoms with Gasteiger partial charge in [0.1, 0.15) is 5.76 Å². The number of nitrogens with two attached hydrogens (primary N) is 1. The van der Waals surface area contributed by atoms with Crippen LogP contribution in [0.15, 0.2) is 42.0 Å². The van der Waals surface area contributed by atoms with Gasteiger partial charge < -0.3 is 26.5 Å². The van der Waals surface area contributed by atoms with Gasteiger partial charge in [0.15, 0.2) is 5.78 Å². The number of hydrogen-bond donors (Lipinski definition) is 4. The Morgan fingerprint density at radius 3 is 2.93 bits per heavy atom. The van der Waals surface area contributed by atoms with Crippen molar-refractivity contribution in [1.29, 1.82) is 0 Å². The number of nitrogens with one attached hydrogen (secondary N) is 3. The number of anilines is 1. The van der Waals surface area contributed by atoms with Crippen LogP contribution in [0.4, 0.5) is 5.69 Å². The molecule has 2 aliphatic carbocycles. The second-order valence-corrected chi connectivity index (χ2v) is 8.00. The maximum atomic E-state index is 12.8. The molecule has 2 aliphatic heterocycles. The fourth-order valence-electron chi connectivity index (χ4n) is 4.05. The van der Waals surface area contributed by atoms with E-state index in [-0.39, 0.29) is 5.78 Å². The molecule has 1 aromatic rings. The first kappa shape index (κ1) is 18.1. The Bertz CT molecular complexity index is 962. The van der Waals surface area contributed by atoms with E-state index in [1.807, 2.05) is 6.20 Å². The molecule has 1 saturated carbocycles. The smallest absolute Gasteiger partial charge is 0.180 e. The number of allylic oxidation sites excluding steroid dienone is 4. The Morgan fingerprint density at radius 1 is 1.24 bits per heavy atom. The van der Waals surface area contributed by atoms with Gasteiger partial charge in [0.2, 0.25) is 0 Å². The van der Waals surface area contributed by atoms with Crippen molar-refractivity contribution in [2.24, 2.45) is 5.92 Å². The van der Waals surface area contributed by atoms with Crippen molar-refractivity contribution in [2.75, 3.05) is 30.9 Å². The molecule has 7 nitrogen and oxygen atoms in total. The molecule has 0 amide bonds. The topological polar surface area (TPSA) is 93.3 Å². The molecule has 1 aromatic heterocycles. The molecule has 152 valence electrons. The fraction of sp³-hybridized carbons (Fsp3) is 0.409. The second kappa shape index (κ2) is 7.48. The summed E-state index contributed by atoms with van der Waals surface area (Å²) in [7, 11) is 0. The maximum Gasteiger partial charge on any atom is 0.180 e. The normalized spacial score (nSPS) is 21.0. The average molecular weight is 393 g/mol. The van der Waals surface area contributed by atoms with Crippen molar-refractivity contribution in [3.8, 4) is 0 Å². The highest BCUT2D eigenvalue weighted by Gasteiger charge is 2.33. The van der Waals surface area contributed by atoms with Gasteiger partial charge in [0.25, 0.3) is 0 Å². The summed E-state index contributed by atoms with van der Waals surface area (Å²) in [5, 5.41) is 9.89. The van der Waals surface area contributed by atoms with Crippen LogP contribution in [-0.2, 0) is 11.3 Å². The third kappa shape index (κ3) is 3.46. The van der Waals surface area contributed by atoms with Crippen molar-refractivity contribution in [3.63, 3.8) is 0 Å². The number of rotatable bonds is 6. The van der Waals surface area contributed by atoms with Crippen molar-refractivity contribution in [1.82, 2.24) is 15.3 Å². The molecule has 0 spiro atoms. The summed E-state index contributed by atoms with van der Waals surface area (Å²) in [5.41, 5.74) is 4.99. The SMILES string of the molecule is Nn1c2c(c(NC3=CCCC=C3)c1C1=CCNC=C1OCC1CC1)C(=O)CNC2. The van der Waals surface area contributed by atoms with Gasteiger partial charge in [-0.1, -0.05) is 18.2 Å². The third-order valence-electron chi connectivity index (χ3n) is 5.78. The van der Waals surface area contributed by atoms with Crippen LogP contribution in [0.2, 0.25) is 0 Å². The highest BCUT2D eigenvalue weighted by atomic mass is 16.5. The van der Waals surface area contributed by atoms with Gasteiger partial charge in [-0.25, -0.2) is 0 Å². The molecular weight excluding hydrogens is 366 g/mol. The van der Waals surface area contributed by atoms with E-state index in [1.165, 1.54) is 12.8 Å². The number of nitrogen functional groups attached to an aromatic ring is 1. The lowest BCUT2D eigenvalue weighted by Gasteiger charge is -2.21. The molecule has 1 fully saturated rings. The Labute approximate surface area is 170 Å². The van der Waals surface area contributed by atoms with E-state index in [1.54, 1.807) is 4.68 Å². The largest absolute Gasteiger partial charge is 0.491 e. The standard InChI is InChI=1S/C22H27N5O2/c23-27-17-10-25-11-18(28)20(17)21(26-15-4-2-1-3-5-15)22(27)16-8-9-24-12-19(16)29-13-14-6-7-14/h2,4-5,8,12,14,24-26H,1,3,6-7,9-11,13,23H2. The summed E-state index contributed by atoms with van der Waals surface area (Å²) in [6.45, 7) is 2.29. The molecule has 5 rings (SSSR count). The molecule has 0 radical (unpaired) electrons. The average Bonchev–Trinajstić information content (AvgIpc) is 3.53. The molecule has 0 saturated heterocycles. The van der Waals surface area contributed by atoms with Crippen molar-refractivity contribution in [3.05, 3.63) is 58.9 Å². The first-order valence-electron chi connectivity index (χ1n) is 10.4. The van der Waals surface area contributed by atoms with Gasteiger partial charge in [0, 0.05) is 30.6 Å². The van der Waals surface area contributed by atoms with Crippen LogP contribution in [0.25, 0.3) is 5.57 Å². The van der Waals surface area contributed by atoms with E-state index in [0.717, 1.165) is 46.9 Å². The summed E-state index contributed by atoms with van der Waals surface area (Å²) < 4.78 is 7.79. The van der Waals surface area contributed by atoms with E-state index in [2.05, 4.69) is 40.3 Å². The Balaban J connectivity index is 1.58. The Morgan fingerprint density at radius 2 is 2.14 bits per heavy atom. The zero-order valence-electron chi connectivity index (χ0n) is 16.5. The summed E-state index contributed by atoms with van der Waals surface area (Å²) in [6.07, 6.45) is 14.8. The summed E-state index contributed by atoms with van der Waals surface area (Å²) in [4.78, 5) is 12.8. The van der Waals surface area contributed by atoms with Crippen molar-refractivity contribution < 1.29 is 9.53 Å². The predicted octanol–water partition coefficient (Wildman–Crippen LogP) is 2.39. The van der Waals surface area contributed by atoms with Gasteiger partial charge >= 0.3 is 0 Å². The van der Waals surface area contributed by atoms with E-state index in [0.29, 0.717) is 37.7 Å². The van der Waals surface area contributed by atoms with E-state index >= 15 is 0 Å². The number of carbonyl (C=O) groups is 1. The number of aromatic nitrogens is 1. The number of nitrogens with zero attached hydrogens (tertiary/aromatic N) is 1. The van der Waals surface area contributed by atoms with E-state index in [4.69, 9.17) is 10.6 Å². The Hall–Kier alpha value is -2.93. The zero-order chi connectivity index (χ0) is 19.8. The van der Waals surface area contributed by atoms with Crippen LogP contribution >= 0.6 is 0 Å². The number of dihydropyridines is 1. The van der Waals surface area contributed by atoms with Gasteiger partial charge in [-0.2, -0.15) is 0 Å². The van der Waals surface area contributed by atoms with Gasteiger partial charge in [0.05, 0.1) is 35.8 Å². The third-order valence-corrected chi connectivity index (χ3v) is 5.78. The van der Waals surface area contributed by atoms with Crippen LogP contribution in [0.3, 0.4) is 0 Å². The van der Waals surface area contributed by atoms with Crippen LogP contribution in [-0.4, -0.2) is 30.2 Å². The molecule has 3 heterocycles. The molecule has 4 aliphatic rings. The Kier molecular flexibility index (Phi) is 4.67. The molecule has 29 heavy (non-hydrogen) atoms. The number of fused-ring (bicyclic) bond motifs is 1. The lowest BCUT2D eigenvalue weighted by Crippen LogP contribution is -2.32. The fourth-order valence-corrected chi connectivity index (χ4v) is 4.05. The number of carbonyl (C=O) groups excluding carboxylic acids is 1. The van der Waals surface area contributed by atoms with Crippen LogP contribution in [0, 0.1) is 5.92 Å². The molecule has 0 atom stereocenters. The number of ketones is 1. The minimum atomic E-state index is 0.0542. The second-order valence-electron chi connectivity index (χ2n) is 8.00. The van der Waals surface area contributed by atoms with Crippen LogP contribution in [0.1, 0.15) is 47.4 Å². The molecule has 0 bridgehead atoms. The number of ether oxygens (including phenoxy) is 1. The van der Waals surface area contributed by atoms with Gasteiger partial charge in [-0.3, -0.25) is 9.47 Å². The lowest BCUT2D eigenvalue weighted by molar-refractivity contribution is 0.0982. The lowest BCUT2D eigenvalue weighted by atomic mass is 10.0. The van der Waals surface area contributed by atoms with Crippen LogP contribution < -0.4 is 21.8 Å². The predicted molar refractivity (Wildman–Crippen MR) is 113 cm³/mol. The quantitative estimate of drug-likeness (QED) is 0.555. The highest BCUT2D eigenvalue weighted by molar-refractivity contribution is 6.08. The summed E-state index contributed by atoms with van der Waals surface area (Å²) >= 11 is 0. The van der Waals surface area contributed by atoms with Crippen molar-refractivity contribution in [2.45, 2.75) is 32.2 Å². The summed E-state index contributed by atoms with van der Waals surface area (Å²) in [5.74, 6) is 8.04. The van der Waals surface area contributed by atoms with E-state index < -0.39 is 0 Å².